The van der Waals surface area contributed by atoms with E-state index in [1.54, 1.807) is 14.1 Å². The SMILES string of the molecule is CN(C)CCN(C)C(=O)c1cc(C(F)(F)F)ccc1F. The molecule has 1 aromatic rings. The van der Waals surface area contributed by atoms with Gasteiger partial charge in [0.1, 0.15) is 5.82 Å². The number of hydrogen-bond acceptors (Lipinski definition) is 2. The minimum Gasteiger partial charge on any atom is -0.340 e. The third kappa shape index (κ3) is 4.19. The molecule has 1 aromatic carbocycles. The Kier molecular flexibility index (Phi) is 5.10. The Bertz CT molecular complexity index is 486. The summed E-state index contributed by atoms with van der Waals surface area (Å²) in [5.41, 5.74) is -1.61. The molecule has 0 N–H and O–H groups in total. The molecule has 0 saturated carbocycles. The molecule has 0 radical (unpaired) electrons. The molecule has 0 saturated heterocycles. The van der Waals surface area contributed by atoms with Gasteiger partial charge >= 0.3 is 6.18 Å². The van der Waals surface area contributed by atoms with Gasteiger partial charge in [-0.15, -0.1) is 0 Å². The summed E-state index contributed by atoms with van der Waals surface area (Å²) in [7, 11) is 5.01. The number of carbonyl (C=O) groups is 1. The first kappa shape index (κ1) is 16.4. The van der Waals surface area contributed by atoms with Gasteiger partial charge in [0.2, 0.25) is 0 Å². The lowest BCUT2D eigenvalue weighted by Gasteiger charge is -2.20. The summed E-state index contributed by atoms with van der Waals surface area (Å²) in [6.45, 7) is 0.824. The Morgan fingerprint density at radius 1 is 1.15 bits per heavy atom. The minimum atomic E-state index is -4.61. The second-order valence-electron chi connectivity index (χ2n) is 4.72. The summed E-state index contributed by atoms with van der Waals surface area (Å²) < 4.78 is 51.2. The van der Waals surface area contributed by atoms with Crippen LogP contribution in [0, 0.1) is 5.82 Å². The van der Waals surface area contributed by atoms with Gasteiger partial charge in [-0.1, -0.05) is 0 Å². The Balaban J connectivity index is 2.97. The van der Waals surface area contributed by atoms with Crippen molar-refractivity contribution in [2.45, 2.75) is 6.18 Å². The molecule has 20 heavy (non-hydrogen) atoms. The summed E-state index contributed by atoms with van der Waals surface area (Å²) in [5, 5.41) is 0. The van der Waals surface area contributed by atoms with Crippen molar-refractivity contribution in [2.24, 2.45) is 0 Å². The van der Waals surface area contributed by atoms with E-state index in [0.717, 1.165) is 0 Å². The van der Waals surface area contributed by atoms with Gasteiger partial charge in [0.25, 0.3) is 5.91 Å². The summed E-state index contributed by atoms with van der Waals surface area (Å²) in [6, 6.07) is 1.83. The van der Waals surface area contributed by atoms with Crippen LogP contribution in [0.1, 0.15) is 15.9 Å². The molecule has 0 aliphatic rings. The van der Waals surface area contributed by atoms with E-state index in [9.17, 15) is 22.4 Å². The lowest BCUT2D eigenvalue weighted by atomic mass is 10.1. The van der Waals surface area contributed by atoms with Crippen LogP contribution in [0.15, 0.2) is 18.2 Å². The van der Waals surface area contributed by atoms with Crippen LogP contribution < -0.4 is 0 Å². The molecule has 7 heteroatoms. The molecule has 0 unspecified atom stereocenters. The second-order valence-corrected chi connectivity index (χ2v) is 4.72. The first-order valence-corrected chi connectivity index (χ1v) is 5.90. The molecular formula is C13H16F4N2O. The molecular weight excluding hydrogens is 276 g/mol. The van der Waals surface area contributed by atoms with Crippen molar-refractivity contribution in [1.29, 1.82) is 0 Å². The number of hydrogen-bond donors (Lipinski definition) is 0. The Labute approximate surface area is 114 Å². The highest BCUT2D eigenvalue weighted by molar-refractivity contribution is 5.94. The maximum absolute atomic E-state index is 13.5. The molecule has 0 spiro atoms. The van der Waals surface area contributed by atoms with Gasteiger partial charge in [0, 0.05) is 20.1 Å². The van der Waals surface area contributed by atoms with Crippen molar-refractivity contribution in [3.05, 3.63) is 35.1 Å². The Hall–Kier alpha value is -1.63. The third-order valence-electron chi connectivity index (χ3n) is 2.75. The molecule has 0 aromatic heterocycles. The lowest BCUT2D eigenvalue weighted by Crippen LogP contribution is -2.34. The molecule has 3 nitrogen and oxygen atoms in total. The van der Waals surface area contributed by atoms with Gasteiger partial charge in [-0.2, -0.15) is 13.2 Å². The Morgan fingerprint density at radius 3 is 2.25 bits per heavy atom. The van der Waals surface area contributed by atoms with E-state index >= 15 is 0 Å². The fourth-order valence-electron chi connectivity index (χ4n) is 1.52. The highest BCUT2D eigenvalue weighted by atomic mass is 19.4. The smallest absolute Gasteiger partial charge is 0.340 e. The van der Waals surface area contributed by atoms with Crippen LogP contribution in [-0.2, 0) is 6.18 Å². The summed E-state index contributed by atoms with van der Waals surface area (Å²) >= 11 is 0. The van der Waals surface area contributed by atoms with Crippen LogP contribution in [0.25, 0.3) is 0 Å². The number of carbonyl (C=O) groups excluding carboxylic acids is 1. The van der Waals surface area contributed by atoms with Gasteiger partial charge in [0.15, 0.2) is 0 Å². The number of likely N-dealkylation sites (N-methyl/N-ethyl adjacent to an activating group) is 2. The maximum atomic E-state index is 13.5. The van der Waals surface area contributed by atoms with Crippen molar-refractivity contribution in [2.75, 3.05) is 34.2 Å². The van der Waals surface area contributed by atoms with E-state index in [1.165, 1.54) is 11.9 Å². The predicted molar refractivity (Wildman–Crippen MR) is 66.9 cm³/mol. The minimum absolute atomic E-state index is 0.293. The van der Waals surface area contributed by atoms with E-state index in [2.05, 4.69) is 0 Å². The number of rotatable bonds is 4. The van der Waals surface area contributed by atoms with Gasteiger partial charge in [-0.05, 0) is 32.3 Å². The molecule has 112 valence electrons. The van der Waals surface area contributed by atoms with E-state index in [-0.39, 0.29) is 0 Å². The first-order chi connectivity index (χ1) is 9.12. The molecule has 1 amide bonds. The van der Waals surface area contributed by atoms with Crippen LogP contribution >= 0.6 is 0 Å². The van der Waals surface area contributed by atoms with E-state index in [1.807, 2.05) is 4.90 Å². The normalized spacial score (nSPS) is 11.8. The molecule has 0 bridgehead atoms. The van der Waals surface area contributed by atoms with Gasteiger partial charge in [-0.25, -0.2) is 4.39 Å². The standard InChI is InChI=1S/C13H16F4N2O/c1-18(2)6-7-19(3)12(20)10-8-9(13(15,16)17)4-5-11(10)14/h4-5,8H,6-7H2,1-3H3. The molecule has 0 fully saturated rings. The summed E-state index contributed by atoms with van der Waals surface area (Å²) in [5.74, 6) is -1.73. The van der Waals surface area contributed by atoms with Gasteiger partial charge in [0.05, 0.1) is 11.1 Å². The zero-order chi connectivity index (χ0) is 15.5. The third-order valence-corrected chi connectivity index (χ3v) is 2.75. The van der Waals surface area contributed by atoms with Gasteiger partial charge in [-0.3, -0.25) is 4.79 Å². The number of amides is 1. The number of nitrogens with zero attached hydrogens (tertiary/aromatic N) is 2. The van der Waals surface area contributed by atoms with E-state index in [0.29, 0.717) is 31.3 Å². The Morgan fingerprint density at radius 2 is 1.75 bits per heavy atom. The number of halogens is 4. The largest absolute Gasteiger partial charge is 0.416 e. The quantitative estimate of drug-likeness (QED) is 0.796. The number of benzene rings is 1. The van der Waals surface area contributed by atoms with Crippen molar-refractivity contribution in [3.8, 4) is 0 Å². The van der Waals surface area contributed by atoms with Crippen LogP contribution in [0.5, 0.6) is 0 Å². The van der Waals surface area contributed by atoms with Crippen LogP contribution in [0.4, 0.5) is 17.6 Å². The van der Waals surface area contributed by atoms with Crippen molar-refractivity contribution in [1.82, 2.24) is 9.80 Å². The zero-order valence-corrected chi connectivity index (χ0v) is 11.5. The summed E-state index contributed by atoms with van der Waals surface area (Å²) in [4.78, 5) is 15.0. The summed E-state index contributed by atoms with van der Waals surface area (Å²) in [6.07, 6.45) is -4.61. The van der Waals surface area contributed by atoms with Crippen LogP contribution in [-0.4, -0.2) is 49.9 Å². The van der Waals surface area contributed by atoms with Crippen molar-refractivity contribution < 1.29 is 22.4 Å². The predicted octanol–water partition coefficient (Wildman–Crippen LogP) is 2.48. The lowest BCUT2D eigenvalue weighted by molar-refractivity contribution is -0.137. The number of alkyl halides is 3. The van der Waals surface area contributed by atoms with Crippen LogP contribution in [0.2, 0.25) is 0 Å². The molecule has 0 aliphatic carbocycles. The molecule has 0 atom stereocenters. The van der Waals surface area contributed by atoms with E-state index < -0.39 is 29.0 Å². The topological polar surface area (TPSA) is 23.6 Å². The molecule has 0 heterocycles. The fraction of sp³-hybridized carbons (Fsp3) is 0.462. The second kappa shape index (κ2) is 6.21. The van der Waals surface area contributed by atoms with Crippen molar-refractivity contribution >= 4 is 5.91 Å². The van der Waals surface area contributed by atoms with E-state index in [4.69, 9.17) is 0 Å². The monoisotopic (exact) mass is 292 g/mol. The van der Waals surface area contributed by atoms with Crippen LogP contribution in [0.3, 0.4) is 0 Å². The average molecular weight is 292 g/mol. The highest BCUT2D eigenvalue weighted by Gasteiger charge is 2.32. The van der Waals surface area contributed by atoms with Gasteiger partial charge < -0.3 is 9.80 Å². The molecule has 0 aliphatic heterocycles. The first-order valence-electron chi connectivity index (χ1n) is 5.90. The zero-order valence-electron chi connectivity index (χ0n) is 11.5. The maximum Gasteiger partial charge on any atom is 0.416 e. The molecule has 1 rings (SSSR count). The highest BCUT2D eigenvalue weighted by Crippen LogP contribution is 2.30. The average Bonchev–Trinajstić information content (AvgIpc) is 2.34. The van der Waals surface area contributed by atoms with Crippen molar-refractivity contribution in [3.63, 3.8) is 0 Å². The fourth-order valence-corrected chi connectivity index (χ4v) is 1.52.